The first-order valence-corrected chi connectivity index (χ1v) is 5.71. The third-order valence-electron chi connectivity index (χ3n) is 2.52. The number of benzene rings is 1. The molecule has 0 bridgehead atoms. The zero-order chi connectivity index (χ0) is 11.0. The lowest BCUT2D eigenvalue weighted by Gasteiger charge is -2.01. The van der Waals surface area contributed by atoms with Gasteiger partial charge in [-0.2, -0.15) is 5.10 Å². The molecule has 5 nitrogen and oxygen atoms in total. The van der Waals surface area contributed by atoms with Crippen LogP contribution >= 0.6 is 11.9 Å². The van der Waals surface area contributed by atoms with Crippen molar-refractivity contribution >= 4 is 28.8 Å². The Bertz CT molecular complexity index is 577. The van der Waals surface area contributed by atoms with E-state index in [0.717, 1.165) is 16.6 Å². The number of fused-ring (bicyclic) bond motifs is 1. The fourth-order valence-corrected chi connectivity index (χ4v) is 2.33. The molecule has 1 atom stereocenters. The summed E-state index contributed by atoms with van der Waals surface area (Å²) < 4.78 is 3.66. The number of hydrogen-bond acceptors (Lipinski definition) is 4. The van der Waals surface area contributed by atoms with Gasteiger partial charge in [0.1, 0.15) is 5.25 Å². The lowest BCUT2D eigenvalue weighted by Crippen LogP contribution is -2.13. The van der Waals surface area contributed by atoms with E-state index in [0.29, 0.717) is 6.42 Å². The van der Waals surface area contributed by atoms with E-state index in [2.05, 4.69) is 19.8 Å². The number of nitrogens with zero attached hydrogens (tertiary/aromatic N) is 3. The van der Waals surface area contributed by atoms with Crippen LogP contribution in [0.4, 0.5) is 0 Å². The second kappa shape index (κ2) is 3.71. The van der Waals surface area contributed by atoms with Crippen molar-refractivity contribution in [3.05, 3.63) is 30.0 Å². The maximum atomic E-state index is 11.3. The Morgan fingerprint density at radius 2 is 2.25 bits per heavy atom. The van der Waals surface area contributed by atoms with Crippen molar-refractivity contribution in [3.63, 3.8) is 0 Å². The molecule has 0 saturated carbocycles. The number of carbonyl (C=O) groups excluding carboxylic acids is 1. The fourth-order valence-electron chi connectivity index (χ4n) is 1.71. The molecule has 0 aliphatic carbocycles. The van der Waals surface area contributed by atoms with E-state index in [1.807, 2.05) is 24.3 Å². The summed E-state index contributed by atoms with van der Waals surface area (Å²) in [4.78, 5) is 11.3. The topological polar surface area (TPSA) is 70.5 Å². The Balaban J connectivity index is 1.92. The van der Waals surface area contributed by atoms with Gasteiger partial charge in [-0.15, -0.1) is 9.63 Å². The quantitative estimate of drug-likeness (QED) is 0.806. The molecule has 3 rings (SSSR count). The summed E-state index contributed by atoms with van der Waals surface area (Å²) in [6.07, 6.45) is 0.594. The van der Waals surface area contributed by atoms with Gasteiger partial charge in [0.25, 0.3) is 5.91 Å². The van der Waals surface area contributed by atoms with Gasteiger partial charge in [0.15, 0.2) is 0 Å². The zero-order valence-corrected chi connectivity index (χ0v) is 9.07. The van der Waals surface area contributed by atoms with Crippen LogP contribution < -0.4 is 0 Å². The lowest BCUT2D eigenvalue weighted by molar-refractivity contribution is -0.117. The average Bonchev–Trinajstić information content (AvgIpc) is 2.88. The number of para-hydroxylation sites is 1. The molecule has 1 amide bonds. The van der Waals surface area contributed by atoms with Crippen molar-refractivity contribution < 1.29 is 4.79 Å². The fraction of sp³-hybridized carbons (Fsp3) is 0.200. The van der Waals surface area contributed by atoms with E-state index >= 15 is 0 Å². The summed E-state index contributed by atoms with van der Waals surface area (Å²) in [5.74, 6) is -0.163. The molecule has 1 aromatic heterocycles. The summed E-state index contributed by atoms with van der Waals surface area (Å²) in [5, 5.41) is 11.5. The van der Waals surface area contributed by atoms with Gasteiger partial charge >= 0.3 is 0 Å². The Kier molecular flexibility index (Phi) is 2.21. The second-order valence-corrected chi connectivity index (χ2v) is 4.48. The highest BCUT2D eigenvalue weighted by Crippen LogP contribution is 2.27. The van der Waals surface area contributed by atoms with Gasteiger partial charge in [0.2, 0.25) is 0 Å². The Morgan fingerprint density at radius 3 is 3.06 bits per heavy atom. The van der Waals surface area contributed by atoms with E-state index < -0.39 is 0 Å². The summed E-state index contributed by atoms with van der Waals surface area (Å²) in [5.41, 5.74) is 1.88. The maximum absolute atomic E-state index is 11.3. The van der Waals surface area contributed by atoms with Crippen molar-refractivity contribution in [1.29, 1.82) is 0 Å². The first-order valence-electron chi connectivity index (χ1n) is 4.87. The molecular formula is C10H8N4OS. The van der Waals surface area contributed by atoms with Crippen LogP contribution in [0.5, 0.6) is 0 Å². The van der Waals surface area contributed by atoms with Crippen LogP contribution in [0, 0.1) is 0 Å². The number of aromatic nitrogens is 2. The molecule has 0 saturated heterocycles. The molecule has 16 heavy (non-hydrogen) atoms. The molecule has 80 valence electrons. The van der Waals surface area contributed by atoms with Crippen LogP contribution in [-0.2, 0) is 11.2 Å². The van der Waals surface area contributed by atoms with E-state index in [4.69, 9.17) is 0 Å². The van der Waals surface area contributed by atoms with Gasteiger partial charge in [0, 0.05) is 29.4 Å². The predicted molar refractivity (Wildman–Crippen MR) is 61.0 cm³/mol. The number of carbonyl (C=O) groups is 1. The van der Waals surface area contributed by atoms with Gasteiger partial charge in [-0.3, -0.25) is 9.89 Å². The first-order chi connectivity index (χ1) is 7.84. The molecule has 1 aromatic carbocycles. The van der Waals surface area contributed by atoms with Gasteiger partial charge in [-0.1, -0.05) is 18.2 Å². The molecule has 2 aromatic rings. The summed E-state index contributed by atoms with van der Waals surface area (Å²) in [7, 11) is 0. The van der Waals surface area contributed by atoms with Gasteiger partial charge in [-0.05, 0) is 6.07 Å². The van der Waals surface area contributed by atoms with Gasteiger partial charge in [-0.25, -0.2) is 0 Å². The van der Waals surface area contributed by atoms with Crippen LogP contribution in [0.2, 0.25) is 0 Å². The maximum Gasteiger partial charge on any atom is 0.280 e. The van der Waals surface area contributed by atoms with Crippen LogP contribution in [-0.4, -0.2) is 21.4 Å². The standard InChI is InChI=1S/C10H8N4OS/c15-10-9(16-14-13-10)5-8-6-3-1-2-4-7(6)11-12-8/h1-4,9H,5H2,(H,11,12). The van der Waals surface area contributed by atoms with E-state index in [-0.39, 0.29) is 11.2 Å². The van der Waals surface area contributed by atoms with Crippen molar-refractivity contribution in [2.45, 2.75) is 11.7 Å². The SMILES string of the molecule is O=C1N=NSC1Cc1[nH]nc2ccccc12. The number of nitrogens with one attached hydrogen (secondary N) is 1. The summed E-state index contributed by atoms with van der Waals surface area (Å²) in [6.45, 7) is 0. The highest BCUT2D eigenvalue weighted by molar-refractivity contribution is 7.99. The average molecular weight is 232 g/mol. The minimum Gasteiger partial charge on any atom is -0.281 e. The third-order valence-corrected chi connectivity index (χ3v) is 3.32. The molecule has 1 aliphatic heterocycles. The Hall–Kier alpha value is -1.69. The number of aromatic amines is 1. The second-order valence-electron chi connectivity index (χ2n) is 3.54. The van der Waals surface area contributed by atoms with E-state index in [1.54, 1.807) is 0 Å². The normalized spacial score (nSPS) is 19.8. The molecule has 6 heteroatoms. The summed E-state index contributed by atoms with van der Waals surface area (Å²) in [6, 6.07) is 7.83. The number of rotatable bonds is 2. The number of H-pyrrole nitrogens is 1. The molecule has 1 N–H and O–H groups in total. The molecular weight excluding hydrogens is 224 g/mol. The highest BCUT2D eigenvalue weighted by Gasteiger charge is 2.26. The molecule has 2 heterocycles. The van der Waals surface area contributed by atoms with Crippen molar-refractivity contribution in [2.24, 2.45) is 9.63 Å². The van der Waals surface area contributed by atoms with Crippen molar-refractivity contribution in [2.75, 3.05) is 0 Å². The highest BCUT2D eigenvalue weighted by atomic mass is 32.2. The predicted octanol–water partition coefficient (Wildman–Crippen LogP) is 2.11. The molecule has 1 aliphatic rings. The zero-order valence-electron chi connectivity index (χ0n) is 8.25. The Labute approximate surface area is 95.5 Å². The van der Waals surface area contributed by atoms with Crippen molar-refractivity contribution in [1.82, 2.24) is 10.2 Å². The molecule has 0 fully saturated rings. The van der Waals surface area contributed by atoms with Crippen LogP contribution in [0.15, 0.2) is 33.9 Å². The smallest absolute Gasteiger partial charge is 0.280 e. The van der Waals surface area contributed by atoms with Crippen LogP contribution in [0.1, 0.15) is 5.69 Å². The van der Waals surface area contributed by atoms with E-state index in [9.17, 15) is 4.79 Å². The first kappa shape index (κ1) is 9.53. The van der Waals surface area contributed by atoms with Crippen molar-refractivity contribution in [3.8, 4) is 0 Å². The largest absolute Gasteiger partial charge is 0.281 e. The van der Waals surface area contributed by atoms with E-state index in [1.165, 1.54) is 11.9 Å². The third kappa shape index (κ3) is 1.51. The monoisotopic (exact) mass is 232 g/mol. The van der Waals surface area contributed by atoms with Crippen LogP contribution in [0.25, 0.3) is 10.9 Å². The van der Waals surface area contributed by atoms with Gasteiger partial charge in [0.05, 0.1) is 5.52 Å². The number of hydrogen-bond donors (Lipinski definition) is 1. The minimum absolute atomic E-state index is 0.163. The summed E-state index contributed by atoms with van der Waals surface area (Å²) >= 11 is 1.22. The lowest BCUT2D eigenvalue weighted by atomic mass is 10.1. The van der Waals surface area contributed by atoms with Crippen LogP contribution in [0.3, 0.4) is 0 Å². The number of amides is 1. The molecule has 1 unspecified atom stereocenters. The molecule has 0 radical (unpaired) electrons. The molecule has 0 spiro atoms. The minimum atomic E-state index is -0.205. The Morgan fingerprint density at radius 1 is 1.38 bits per heavy atom. The van der Waals surface area contributed by atoms with Gasteiger partial charge < -0.3 is 0 Å².